The second-order valence-corrected chi connectivity index (χ2v) is 2.23. The van der Waals surface area contributed by atoms with Crippen LogP contribution in [0.25, 0.3) is 0 Å². The van der Waals surface area contributed by atoms with E-state index < -0.39 is 0 Å². The fourth-order valence-electron chi connectivity index (χ4n) is 0.608. The Bertz CT molecular complexity index is 143. The number of nitrogens with zero attached hydrogens (tertiary/aromatic N) is 1. The Morgan fingerprint density at radius 3 is 2.73 bits per heavy atom. The quantitative estimate of drug-likeness (QED) is 0.556. The second-order valence-electron chi connectivity index (χ2n) is 2.23. The van der Waals surface area contributed by atoms with Gasteiger partial charge in [-0.15, -0.1) is 0 Å². The highest BCUT2D eigenvalue weighted by Crippen LogP contribution is 1.91. The van der Waals surface area contributed by atoms with E-state index in [1.807, 2.05) is 25.1 Å². The van der Waals surface area contributed by atoms with Crippen molar-refractivity contribution < 1.29 is 5.11 Å². The molecule has 0 heterocycles. The van der Waals surface area contributed by atoms with Gasteiger partial charge in [-0.25, -0.2) is 0 Å². The van der Waals surface area contributed by atoms with Crippen LogP contribution in [0.5, 0.6) is 0 Å². The molecule has 0 rings (SSSR count). The van der Waals surface area contributed by atoms with Gasteiger partial charge >= 0.3 is 0 Å². The van der Waals surface area contributed by atoms with Crippen LogP contribution in [-0.2, 0) is 0 Å². The maximum atomic E-state index is 8.43. The summed E-state index contributed by atoms with van der Waals surface area (Å²) in [7, 11) is 3.76. The minimum absolute atomic E-state index is 0.0971. The van der Waals surface area contributed by atoms with Gasteiger partial charge in [-0.1, -0.05) is 18.7 Å². The fraction of sp³-hybridized carbons (Fsp3) is 0.500. The first-order valence-electron chi connectivity index (χ1n) is 3.56. The van der Waals surface area contributed by atoms with Gasteiger partial charge in [0.2, 0.25) is 0 Å². The summed E-state index contributed by atoms with van der Waals surface area (Å²) >= 11 is 0. The summed E-state index contributed by atoms with van der Waals surface area (Å²) in [5.41, 5.74) is 0. The molecule has 0 unspecified atom stereocenters. The van der Waals surface area contributed by atoms with E-state index in [4.69, 9.17) is 5.11 Å². The van der Waals surface area contributed by atoms with E-state index in [0.29, 0.717) is 0 Å². The highest BCUT2D eigenvalue weighted by atomic mass is 16.2. The van der Waals surface area contributed by atoms with Crippen LogP contribution in [0.4, 0.5) is 0 Å². The van der Waals surface area contributed by atoms with Gasteiger partial charge < -0.3 is 15.3 Å². The molecule has 0 atom stereocenters. The lowest BCUT2D eigenvalue weighted by Crippen LogP contribution is -2.25. The van der Waals surface area contributed by atoms with E-state index in [1.165, 1.54) is 0 Å². The molecular weight excluding hydrogens is 140 g/mol. The molecule has 11 heavy (non-hydrogen) atoms. The molecule has 0 aromatic heterocycles. The molecule has 0 aliphatic rings. The topological polar surface area (TPSA) is 35.5 Å². The van der Waals surface area contributed by atoms with Crippen molar-refractivity contribution in [2.24, 2.45) is 0 Å². The van der Waals surface area contributed by atoms with Crippen molar-refractivity contribution in [3.05, 3.63) is 24.6 Å². The third kappa shape index (κ3) is 4.44. The molecule has 0 fully saturated rings. The van der Waals surface area contributed by atoms with Gasteiger partial charge in [0, 0.05) is 20.6 Å². The molecule has 0 spiro atoms. The Labute approximate surface area is 68.0 Å². The molecule has 3 nitrogen and oxygen atoms in total. The summed E-state index contributed by atoms with van der Waals surface area (Å²) < 4.78 is 0. The van der Waals surface area contributed by atoms with Crippen LogP contribution in [0.3, 0.4) is 0 Å². The van der Waals surface area contributed by atoms with E-state index in [9.17, 15) is 0 Å². The van der Waals surface area contributed by atoms with Gasteiger partial charge in [0.25, 0.3) is 0 Å². The average molecular weight is 156 g/mol. The van der Waals surface area contributed by atoms with Crippen LogP contribution in [0.15, 0.2) is 24.6 Å². The fourth-order valence-corrected chi connectivity index (χ4v) is 0.608. The normalized spacial score (nSPS) is 10.1. The Kier molecular flexibility index (Phi) is 5.29. The zero-order valence-electron chi connectivity index (χ0n) is 7.17. The van der Waals surface area contributed by atoms with Gasteiger partial charge in [0.15, 0.2) is 0 Å². The molecule has 0 saturated carbocycles. The first-order chi connectivity index (χ1) is 5.22. The summed E-state index contributed by atoms with van der Waals surface area (Å²) in [5, 5.41) is 11.4. The predicted molar refractivity (Wildman–Crippen MR) is 47.1 cm³/mol. The maximum Gasteiger partial charge on any atom is 0.0936 e. The van der Waals surface area contributed by atoms with Gasteiger partial charge in [-0.3, -0.25) is 0 Å². The molecule has 0 aromatic carbocycles. The number of hydrogen-bond donors (Lipinski definition) is 2. The number of aliphatic hydroxyl groups excluding tert-OH is 1. The van der Waals surface area contributed by atoms with Crippen LogP contribution >= 0.6 is 0 Å². The Morgan fingerprint density at radius 1 is 1.64 bits per heavy atom. The highest BCUT2D eigenvalue weighted by molar-refractivity contribution is 4.93. The molecule has 3 heteroatoms. The number of rotatable bonds is 5. The number of aliphatic hydroxyl groups is 1. The Morgan fingerprint density at radius 2 is 2.27 bits per heavy atom. The second kappa shape index (κ2) is 5.80. The van der Waals surface area contributed by atoms with E-state index >= 15 is 0 Å². The largest absolute Gasteiger partial charge is 0.392 e. The van der Waals surface area contributed by atoms with Crippen LogP contribution < -0.4 is 5.32 Å². The zero-order chi connectivity index (χ0) is 8.69. The minimum Gasteiger partial charge on any atom is -0.392 e. The SMILES string of the molecule is C=C(NC)N(C)C/C=C\CO. The summed E-state index contributed by atoms with van der Waals surface area (Å²) in [6.07, 6.45) is 3.60. The number of hydrogen-bond acceptors (Lipinski definition) is 3. The van der Waals surface area contributed by atoms with E-state index in [-0.39, 0.29) is 6.61 Å². The van der Waals surface area contributed by atoms with Crippen molar-refractivity contribution in [3.8, 4) is 0 Å². The average Bonchev–Trinajstić information content (AvgIpc) is 2.03. The van der Waals surface area contributed by atoms with Crippen molar-refractivity contribution in [1.82, 2.24) is 10.2 Å². The number of likely N-dealkylation sites (N-methyl/N-ethyl adjacent to an activating group) is 1. The Balaban J connectivity index is 3.59. The lowest BCUT2D eigenvalue weighted by molar-refractivity contribution is 0.341. The number of nitrogens with one attached hydrogen (secondary N) is 1. The minimum atomic E-state index is 0.0971. The smallest absolute Gasteiger partial charge is 0.0936 e. The van der Waals surface area contributed by atoms with Crippen molar-refractivity contribution in [1.29, 1.82) is 0 Å². The highest BCUT2D eigenvalue weighted by Gasteiger charge is 1.93. The molecule has 0 amide bonds. The van der Waals surface area contributed by atoms with E-state index in [2.05, 4.69) is 11.9 Å². The van der Waals surface area contributed by atoms with Gasteiger partial charge in [0.1, 0.15) is 0 Å². The first kappa shape index (κ1) is 10.0. The zero-order valence-corrected chi connectivity index (χ0v) is 7.17. The lowest BCUT2D eigenvalue weighted by atomic mass is 10.4. The standard InChI is InChI=1S/C8H16N2O/c1-8(9-2)10(3)6-4-5-7-11/h4-5,9,11H,1,6-7H2,2-3H3/b5-4-. The molecule has 2 N–H and O–H groups in total. The summed E-state index contributed by atoms with van der Waals surface area (Å²) in [6.45, 7) is 4.63. The molecule has 0 radical (unpaired) electrons. The molecule has 0 bridgehead atoms. The summed E-state index contributed by atoms with van der Waals surface area (Å²) in [4.78, 5) is 1.95. The van der Waals surface area contributed by atoms with Crippen LogP contribution in [-0.4, -0.2) is 37.3 Å². The monoisotopic (exact) mass is 156 g/mol. The molecular formula is C8H16N2O. The van der Waals surface area contributed by atoms with Gasteiger partial charge in [0.05, 0.1) is 12.4 Å². The molecule has 64 valence electrons. The van der Waals surface area contributed by atoms with Crippen LogP contribution in [0, 0.1) is 0 Å². The van der Waals surface area contributed by atoms with Crippen molar-refractivity contribution >= 4 is 0 Å². The molecule has 0 aromatic rings. The third-order valence-electron chi connectivity index (χ3n) is 1.40. The summed E-state index contributed by atoms with van der Waals surface area (Å²) in [6, 6.07) is 0. The predicted octanol–water partition coefficient (Wildman–Crippen LogP) is 0.157. The first-order valence-corrected chi connectivity index (χ1v) is 3.56. The molecule has 0 aliphatic heterocycles. The maximum absolute atomic E-state index is 8.43. The molecule has 0 aliphatic carbocycles. The molecule has 0 saturated heterocycles. The van der Waals surface area contributed by atoms with E-state index in [0.717, 1.165) is 12.4 Å². The van der Waals surface area contributed by atoms with Crippen molar-refractivity contribution in [2.75, 3.05) is 27.2 Å². The van der Waals surface area contributed by atoms with Crippen molar-refractivity contribution in [3.63, 3.8) is 0 Å². The van der Waals surface area contributed by atoms with Gasteiger partial charge in [-0.2, -0.15) is 0 Å². The van der Waals surface area contributed by atoms with Crippen molar-refractivity contribution in [2.45, 2.75) is 0 Å². The summed E-state index contributed by atoms with van der Waals surface area (Å²) in [5.74, 6) is 0.868. The van der Waals surface area contributed by atoms with E-state index in [1.54, 1.807) is 6.08 Å². The van der Waals surface area contributed by atoms with Crippen LogP contribution in [0.2, 0.25) is 0 Å². The van der Waals surface area contributed by atoms with Gasteiger partial charge in [-0.05, 0) is 0 Å². The Hall–Kier alpha value is -0.960. The lowest BCUT2D eigenvalue weighted by Gasteiger charge is -2.18. The van der Waals surface area contributed by atoms with Crippen LogP contribution in [0.1, 0.15) is 0 Å². The third-order valence-corrected chi connectivity index (χ3v) is 1.40.